The van der Waals surface area contributed by atoms with Crippen molar-refractivity contribution in [2.24, 2.45) is 10.8 Å². The average molecular weight is 505 g/mol. The smallest absolute Gasteiger partial charge is 0.0512 e. The van der Waals surface area contributed by atoms with Gasteiger partial charge in [-0.05, 0) is 57.4 Å². The molecule has 2 aromatic carbocycles. The fourth-order valence-corrected chi connectivity index (χ4v) is 4.86. The Morgan fingerprint density at radius 1 is 0.595 bits per heavy atom. The number of hydrogen-bond acceptors (Lipinski definition) is 2. The van der Waals surface area contributed by atoms with Crippen LogP contribution in [0.4, 0.5) is 11.4 Å². The van der Waals surface area contributed by atoms with Gasteiger partial charge in [0.25, 0.3) is 0 Å². The quantitative estimate of drug-likeness (QED) is 0.355. The lowest BCUT2D eigenvalue weighted by molar-refractivity contribution is 0.378. The van der Waals surface area contributed by atoms with Crippen molar-refractivity contribution in [3.8, 4) is 0 Å². The van der Waals surface area contributed by atoms with E-state index < -0.39 is 0 Å². The number of para-hydroxylation sites is 2. The van der Waals surface area contributed by atoms with E-state index in [1.807, 2.05) is 0 Å². The molecule has 0 bridgehead atoms. The summed E-state index contributed by atoms with van der Waals surface area (Å²) in [6, 6.07) is 13.7. The molecule has 0 fully saturated rings. The van der Waals surface area contributed by atoms with Crippen LogP contribution in [0.2, 0.25) is 0 Å². The number of benzene rings is 2. The number of hydrogen-bond donors (Lipinski definition) is 2. The third-order valence-corrected chi connectivity index (χ3v) is 7.38. The molecule has 0 heterocycles. The molecule has 0 aliphatic heterocycles. The molecule has 1 unspecified atom stereocenters. The SMILES string of the molecule is CC(C)c1cccc(C(C)C)c1N/C(=C\C(Nc1c(C(C)C)cccc1C(C)C)C(C)(C)C)C(C)(C)C. The second-order valence-electron chi connectivity index (χ2n) is 14.2. The minimum atomic E-state index is -0.0397. The van der Waals surface area contributed by atoms with Gasteiger partial charge in [-0.25, -0.2) is 0 Å². The lowest BCUT2D eigenvalue weighted by Crippen LogP contribution is -2.35. The van der Waals surface area contributed by atoms with Crippen molar-refractivity contribution < 1.29 is 0 Å². The molecule has 2 rings (SSSR count). The van der Waals surface area contributed by atoms with E-state index in [9.17, 15) is 0 Å². The number of anilines is 2. The molecule has 0 aliphatic rings. The summed E-state index contributed by atoms with van der Waals surface area (Å²) >= 11 is 0. The van der Waals surface area contributed by atoms with E-state index in [-0.39, 0.29) is 16.9 Å². The van der Waals surface area contributed by atoms with Crippen LogP contribution < -0.4 is 10.6 Å². The molecule has 0 spiro atoms. The Morgan fingerprint density at radius 3 is 1.24 bits per heavy atom. The van der Waals surface area contributed by atoms with Gasteiger partial charge in [0.2, 0.25) is 0 Å². The van der Waals surface area contributed by atoms with E-state index in [0.29, 0.717) is 23.7 Å². The third kappa shape index (κ3) is 7.88. The van der Waals surface area contributed by atoms with E-state index in [4.69, 9.17) is 0 Å². The highest BCUT2D eigenvalue weighted by atomic mass is 15.0. The zero-order valence-corrected chi connectivity index (χ0v) is 26.4. The molecule has 1 atom stereocenters. The Bertz CT molecular complexity index is 1000. The zero-order chi connectivity index (χ0) is 28.3. The van der Waals surface area contributed by atoms with E-state index in [2.05, 4.69) is 150 Å². The summed E-state index contributed by atoms with van der Waals surface area (Å²) in [6.07, 6.45) is 2.47. The van der Waals surface area contributed by atoms with Crippen molar-refractivity contribution in [1.82, 2.24) is 0 Å². The van der Waals surface area contributed by atoms with Gasteiger partial charge in [-0.2, -0.15) is 0 Å². The summed E-state index contributed by atoms with van der Waals surface area (Å²) in [4.78, 5) is 0. The fraction of sp³-hybridized carbons (Fsp3) is 0.600. The topological polar surface area (TPSA) is 24.1 Å². The molecule has 206 valence electrons. The van der Waals surface area contributed by atoms with Crippen molar-refractivity contribution >= 4 is 11.4 Å². The second kappa shape index (κ2) is 12.1. The molecule has 2 aromatic rings. The standard InChI is InChI=1S/C35H56N2/c1-22(2)26-17-15-18-27(23(3)4)32(26)36-30(34(9,10)11)21-31(35(12,13)14)37-33-28(24(5)6)19-16-20-29(33)25(7)8/h15-25,30,36-37H,1-14H3/b31-21-. The van der Waals surface area contributed by atoms with Gasteiger partial charge in [0, 0.05) is 22.5 Å². The van der Waals surface area contributed by atoms with Crippen LogP contribution in [0.25, 0.3) is 0 Å². The van der Waals surface area contributed by atoms with Gasteiger partial charge in [0.05, 0.1) is 6.04 Å². The molecular formula is C35H56N2. The Labute approximate surface area is 229 Å². The Morgan fingerprint density at radius 2 is 0.946 bits per heavy atom. The summed E-state index contributed by atoms with van der Waals surface area (Å²) in [5, 5.41) is 8.07. The minimum Gasteiger partial charge on any atom is -0.378 e. The van der Waals surface area contributed by atoms with E-state index in [1.165, 1.54) is 39.3 Å². The maximum absolute atomic E-state index is 4.07. The Kier molecular flexibility index (Phi) is 10.1. The normalized spacial score (nSPS) is 14.2. The first-order valence-corrected chi connectivity index (χ1v) is 14.5. The van der Waals surface area contributed by atoms with Crippen molar-refractivity contribution in [3.63, 3.8) is 0 Å². The van der Waals surface area contributed by atoms with Gasteiger partial charge >= 0.3 is 0 Å². The van der Waals surface area contributed by atoms with Gasteiger partial charge in [0.1, 0.15) is 0 Å². The van der Waals surface area contributed by atoms with E-state index in [1.54, 1.807) is 0 Å². The maximum atomic E-state index is 4.07. The van der Waals surface area contributed by atoms with Crippen molar-refractivity contribution in [1.29, 1.82) is 0 Å². The predicted octanol–water partition coefficient (Wildman–Crippen LogP) is 11.0. The van der Waals surface area contributed by atoms with E-state index in [0.717, 1.165) is 0 Å². The minimum absolute atomic E-state index is 0.0228. The van der Waals surface area contributed by atoms with Gasteiger partial charge in [0.15, 0.2) is 0 Å². The van der Waals surface area contributed by atoms with Crippen LogP contribution >= 0.6 is 0 Å². The number of rotatable bonds is 9. The number of nitrogens with one attached hydrogen (secondary N) is 2. The zero-order valence-electron chi connectivity index (χ0n) is 26.4. The summed E-state index contributed by atoms with van der Waals surface area (Å²) in [5.74, 6) is 1.81. The van der Waals surface area contributed by atoms with Crippen LogP contribution in [0.5, 0.6) is 0 Å². The summed E-state index contributed by atoms with van der Waals surface area (Å²) in [7, 11) is 0. The first-order valence-electron chi connectivity index (χ1n) is 14.5. The molecule has 0 amide bonds. The first-order chi connectivity index (χ1) is 16.9. The lowest BCUT2D eigenvalue weighted by atomic mass is 9.81. The summed E-state index contributed by atoms with van der Waals surface area (Å²) in [6.45, 7) is 32.3. The highest BCUT2D eigenvalue weighted by Gasteiger charge is 2.29. The molecule has 0 saturated carbocycles. The number of allylic oxidation sites excluding steroid dienone is 1. The highest BCUT2D eigenvalue weighted by Crippen LogP contribution is 2.39. The van der Waals surface area contributed by atoms with Crippen molar-refractivity contribution in [3.05, 3.63) is 70.4 Å². The predicted molar refractivity (Wildman–Crippen MR) is 167 cm³/mol. The Balaban J connectivity index is 2.72. The monoisotopic (exact) mass is 504 g/mol. The van der Waals surface area contributed by atoms with Gasteiger partial charge in [-0.15, -0.1) is 0 Å². The van der Waals surface area contributed by atoms with Crippen LogP contribution in [0.3, 0.4) is 0 Å². The molecule has 0 aromatic heterocycles. The summed E-state index contributed by atoms with van der Waals surface area (Å²) in [5.41, 5.74) is 9.40. The highest BCUT2D eigenvalue weighted by molar-refractivity contribution is 5.64. The fourth-order valence-electron chi connectivity index (χ4n) is 4.86. The van der Waals surface area contributed by atoms with Crippen molar-refractivity contribution in [2.75, 3.05) is 10.6 Å². The third-order valence-electron chi connectivity index (χ3n) is 7.38. The average Bonchev–Trinajstić information content (AvgIpc) is 2.75. The summed E-state index contributed by atoms with van der Waals surface area (Å²) < 4.78 is 0. The molecule has 2 nitrogen and oxygen atoms in total. The molecule has 37 heavy (non-hydrogen) atoms. The molecule has 0 aliphatic carbocycles. The van der Waals surface area contributed by atoms with Crippen LogP contribution in [0, 0.1) is 10.8 Å². The maximum Gasteiger partial charge on any atom is 0.0512 e. The molecule has 2 heteroatoms. The van der Waals surface area contributed by atoms with Crippen LogP contribution in [-0.2, 0) is 0 Å². The van der Waals surface area contributed by atoms with Crippen molar-refractivity contribution in [2.45, 2.75) is 127 Å². The van der Waals surface area contributed by atoms with Crippen LogP contribution in [0.15, 0.2) is 48.2 Å². The Hall–Kier alpha value is -2.22. The van der Waals surface area contributed by atoms with Gasteiger partial charge in [-0.3, -0.25) is 0 Å². The van der Waals surface area contributed by atoms with Crippen LogP contribution in [-0.4, -0.2) is 6.04 Å². The molecule has 2 N–H and O–H groups in total. The molecular weight excluding hydrogens is 448 g/mol. The van der Waals surface area contributed by atoms with Crippen LogP contribution in [0.1, 0.15) is 143 Å². The van der Waals surface area contributed by atoms with E-state index >= 15 is 0 Å². The first kappa shape index (κ1) is 31.0. The largest absolute Gasteiger partial charge is 0.378 e. The lowest BCUT2D eigenvalue weighted by Gasteiger charge is -2.36. The second-order valence-corrected chi connectivity index (χ2v) is 14.2. The molecule has 0 saturated heterocycles. The molecule has 0 radical (unpaired) electrons. The van der Waals surface area contributed by atoms with Gasteiger partial charge in [-0.1, -0.05) is 133 Å². The van der Waals surface area contributed by atoms with Gasteiger partial charge < -0.3 is 10.6 Å².